The smallest absolute Gasteiger partial charge is 0.149 e. The molecule has 1 atom stereocenters. The standard InChI is InChI=1S/C16H12BrF2NO/c1-9(20-16-12(18)3-2-4-13(16)19)15-8-10-7-11(17)5-6-14(10)21-15/h2-9,20H,1H3. The van der Waals surface area contributed by atoms with Crippen molar-refractivity contribution in [1.82, 2.24) is 0 Å². The molecule has 2 nitrogen and oxygen atoms in total. The lowest BCUT2D eigenvalue weighted by Gasteiger charge is -2.14. The Morgan fingerprint density at radius 3 is 2.52 bits per heavy atom. The van der Waals surface area contributed by atoms with Crippen LogP contribution in [0.4, 0.5) is 14.5 Å². The van der Waals surface area contributed by atoms with Crippen LogP contribution in [0.5, 0.6) is 0 Å². The summed E-state index contributed by atoms with van der Waals surface area (Å²) in [6, 6.07) is 10.9. The SMILES string of the molecule is CC(Nc1c(F)cccc1F)c1cc2cc(Br)ccc2o1. The Kier molecular flexibility index (Phi) is 3.68. The largest absolute Gasteiger partial charge is 0.459 e. The number of fused-ring (bicyclic) bond motifs is 1. The van der Waals surface area contributed by atoms with E-state index in [1.165, 1.54) is 18.2 Å². The van der Waals surface area contributed by atoms with Gasteiger partial charge in [-0.1, -0.05) is 22.0 Å². The number of para-hydroxylation sites is 1. The van der Waals surface area contributed by atoms with Crippen LogP contribution in [0.15, 0.2) is 51.4 Å². The fraction of sp³-hybridized carbons (Fsp3) is 0.125. The minimum Gasteiger partial charge on any atom is -0.459 e. The normalized spacial score (nSPS) is 12.6. The molecule has 3 rings (SSSR count). The Morgan fingerprint density at radius 1 is 1.10 bits per heavy atom. The number of halogens is 3. The Balaban J connectivity index is 1.91. The highest BCUT2D eigenvalue weighted by atomic mass is 79.9. The zero-order valence-electron chi connectivity index (χ0n) is 11.2. The van der Waals surface area contributed by atoms with Crippen molar-refractivity contribution < 1.29 is 13.2 Å². The first-order valence-electron chi connectivity index (χ1n) is 6.44. The van der Waals surface area contributed by atoms with Gasteiger partial charge in [-0.2, -0.15) is 0 Å². The van der Waals surface area contributed by atoms with Gasteiger partial charge in [0.25, 0.3) is 0 Å². The molecule has 1 unspecified atom stereocenters. The summed E-state index contributed by atoms with van der Waals surface area (Å²) in [5.41, 5.74) is 0.586. The Bertz CT molecular complexity index is 780. The summed E-state index contributed by atoms with van der Waals surface area (Å²) in [6.07, 6.45) is 0. The van der Waals surface area contributed by atoms with Gasteiger partial charge in [0, 0.05) is 9.86 Å². The maximum atomic E-state index is 13.6. The summed E-state index contributed by atoms with van der Waals surface area (Å²) < 4.78 is 33.9. The predicted molar refractivity (Wildman–Crippen MR) is 82.3 cm³/mol. The Hall–Kier alpha value is -1.88. The summed E-state index contributed by atoms with van der Waals surface area (Å²) in [7, 11) is 0. The van der Waals surface area contributed by atoms with Gasteiger partial charge >= 0.3 is 0 Å². The molecule has 1 N–H and O–H groups in total. The Morgan fingerprint density at radius 2 is 1.81 bits per heavy atom. The van der Waals surface area contributed by atoms with Crippen molar-refractivity contribution >= 4 is 32.6 Å². The number of furan rings is 1. The summed E-state index contributed by atoms with van der Waals surface area (Å²) in [5.74, 6) is -0.632. The highest BCUT2D eigenvalue weighted by Gasteiger charge is 2.16. The molecule has 0 aliphatic carbocycles. The zero-order chi connectivity index (χ0) is 15.0. The van der Waals surface area contributed by atoms with Gasteiger partial charge in [0.1, 0.15) is 28.7 Å². The van der Waals surface area contributed by atoms with E-state index < -0.39 is 11.6 Å². The van der Waals surface area contributed by atoms with Gasteiger partial charge in [-0.25, -0.2) is 8.78 Å². The minimum absolute atomic E-state index is 0.147. The molecule has 0 fully saturated rings. The molecule has 5 heteroatoms. The molecule has 0 saturated carbocycles. The van der Waals surface area contributed by atoms with Crippen molar-refractivity contribution in [3.63, 3.8) is 0 Å². The van der Waals surface area contributed by atoms with E-state index in [0.717, 1.165) is 15.4 Å². The third-order valence-corrected chi connectivity index (χ3v) is 3.74. The van der Waals surface area contributed by atoms with Gasteiger partial charge in [0.2, 0.25) is 0 Å². The first kappa shape index (κ1) is 14.1. The van der Waals surface area contributed by atoms with Crippen molar-refractivity contribution in [2.24, 2.45) is 0 Å². The second kappa shape index (κ2) is 5.48. The summed E-state index contributed by atoms with van der Waals surface area (Å²) >= 11 is 3.40. The van der Waals surface area contributed by atoms with Crippen LogP contribution >= 0.6 is 15.9 Å². The number of anilines is 1. The molecular weight excluding hydrogens is 340 g/mol. The van der Waals surface area contributed by atoms with Gasteiger partial charge in [-0.15, -0.1) is 0 Å². The van der Waals surface area contributed by atoms with Crippen molar-refractivity contribution in [2.45, 2.75) is 13.0 Å². The molecule has 21 heavy (non-hydrogen) atoms. The molecule has 0 radical (unpaired) electrons. The fourth-order valence-electron chi connectivity index (χ4n) is 2.17. The molecule has 108 valence electrons. The number of nitrogens with one attached hydrogen (secondary N) is 1. The second-order valence-corrected chi connectivity index (χ2v) is 5.71. The third kappa shape index (κ3) is 2.78. The van der Waals surface area contributed by atoms with Gasteiger partial charge in [-0.3, -0.25) is 0 Å². The van der Waals surface area contributed by atoms with E-state index in [2.05, 4.69) is 21.2 Å². The lowest BCUT2D eigenvalue weighted by atomic mass is 10.2. The molecule has 0 bridgehead atoms. The molecule has 0 spiro atoms. The molecular formula is C16H12BrF2NO. The molecule has 1 aromatic heterocycles. The first-order valence-corrected chi connectivity index (χ1v) is 7.23. The van der Waals surface area contributed by atoms with Gasteiger partial charge in [0.05, 0.1) is 6.04 Å². The molecule has 1 heterocycles. The number of hydrogen-bond acceptors (Lipinski definition) is 2. The lowest BCUT2D eigenvalue weighted by molar-refractivity contribution is 0.520. The topological polar surface area (TPSA) is 25.2 Å². The van der Waals surface area contributed by atoms with E-state index in [0.29, 0.717) is 5.76 Å². The average Bonchev–Trinajstić information content (AvgIpc) is 2.86. The summed E-state index contributed by atoms with van der Waals surface area (Å²) in [5, 5.41) is 3.75. The first-order chi connectivity index (χ1) is 10.0. The van der Waals surface area contributed by atoms with Crippen LogP contribution in [0.1, 0.15) is 18.7 Å². The molecule has 3 aromatic rings. The minimum atomic E-state index is -0.624. The van der Waals surface area contributed by atoms with Crippen LogP contribution in [0.2, 0.25) is 0 Å². The summed E-state index contributed by atoms with van der Waals surface area (Å²) in [4.78, 5) is 0. The van der Waals surface area contributed by atoms with Gasteiger partial charge in [0.15, 0.2) is 0 Å². The number of rotatable bonds is 3. The molecule has 0 aliphatic rings. The van der Waals surface area contributed by atoms with E-state index in [1.807, 2.05) is 24.3 Å². The molecule has 0 saturated heterocycles. The van der Waals surface area contributed by atoms with Crippen LogP contribution in [0.25, 0.3) is 11.0 Å². The summed E-state index contributed by atoms with van der Waals surface area (Å²) in [6.45, 7) is 1.79. The fourth-order valence-corrected chi connectivity index (χ4v) is 2.55. The molecule has 0 amide bonds. The van der Waals surface area contributed by atoms with Crippen LogP contribution < -0.4 is 5.32 Å². The molecule has 0 aliphatic heterocycles. The van der Waals surface area contributed by atoms with Crippen molar-refractivity contribution in [3.05, 3.63) is 64.3 Å². The number of hydrogen-bond donors (Lipinski definition) is 1. The van der Waals surface area contributed by atoms with E-state index >= 15 is 0 Å². The maximum Gasteiger partial charge on any atom is 0.149 e. The van der Waals surface area contributed by atoms with Gasteiger partial charge in [-0.05, 0) is 43.3 Å². The van der Waals surface area contributed by atoms with E-state index in [1.54, 1.807) is 6.92 Å². The van der Waals surface area contributed by atoms with Crippen LogP contribution in [0, 0.1) is 11.6 Å². The predicted octanol–water partition coefficient (Wildman–Crippen LogP) is 5.65. The van der Waals surface area contributed by atoms with Crippen molar-refractivity contribution in [1.29, 1.82) is 0 Å². The van der Waals surface area contributed by atoms with Gasteiger partial charge < -0.3 is 9.73 Å². The van der Waals surface area contributed by atoms with Crippen molar-refractivity contribution in [2.75, 3.05) is 5.32 Å². The van der Waals surface area contributed by atoms with E-state index in [4.69, 9.17) is 4.42 Å². The van der Waals surface area contributed by atoms with E-state index in [9.17, 15) is 8.78 Å². The second-order valence-electron chi connectivity index (χ2n) is 4.79. The lowest BCUT2D eigenvalue weighted by Crippen LogP contribution is -2.08. The van der Waals surface area contributed by atoms with Crippen LogP contribution in [-0.2, 0) is 0 Å². The zero-order valence-corrected chi connectivity index (χ0v) is 12.7. The number of benzene rings is 2. The quantitative estimate of drug-likeness (QED) is 0.659. The van der Waals surface area contributed by atoms with E-state index in [-0.39, 0.29) is 11.7 Å². The van der Waals surface area contributed by atoms with Crippen LogP contribution in [-0.4, -0.2) is 0 Å². The average molecular weight is 352 g/mol. The third-order valence-electron chi connectivity index (χ3n) is 3.25. The highest BCUT2D eigenvalue weighted by Crippen LogP contribution is 2.29. The Labute approximate surface area is 128 Å². The van der Waals surface area contributed by atoms with Crippen molar-refractivity contribution in [3.8, 4) is 0 Å². The highest BCUT2D eigenvalue weighted by molar-refractivity contribution is 9.10. The van der Waals surface area contributed by atoms with Crippen LogP contribution in [0.3, 0.4) is 0 Å². The monoisotopic (exact) mass is 351 g/mol. The maximum absolute atomic E-state index is 13.6. The molecule has 2 aromatic carbocycles.